The van der Waals surface area contributed by atoms with Gasteiger partial charge in [-0.15, -0.1) is 0 Å². The highest BCUT2D eigenvalue weighted by atomic mass is 16.5. The van der Waals surface area contributed by atoms with Gasteiger partial charge in [-0.25, -0.2) is 0 Å². The van der Waals surface area contributed by atoms with Gasteiger partial charge >= 0.3 is 0 Å². The molecule has 0 unspecified atom stereocenters. The lowest BCUT2D eigenvalue weighted by Gasteiger charge is -2.12. The van der Waals surface area contributed by atoms with Crippen molar-refractivity contribution in [2.45, 2.75) is 26.2 Å². The molecule has 1 heteroatoms. The van der Waals surface area contributed by atoms with E-state index in [1.807, 2.05) is 12.1 Å². The topological polar surface area (TPSA) is 9.23 Å². The molecule has 1 nitrogen and oxygen atoms in total. The Labute approximate surface area is 109 Å². The van der Waals surface area contributed by atoms with Gasteiger partial charge in [-0.1, -0.05) is 55.8 Å². The lowest BCUT2D eigenvalue weighted by atomic mass is 9.96. The van der Waals surface area contributed by atoms with Gasteiger partial charge in [-0.2, -0.15) is 0 Å². The molecule has 0 aliphatic rings. The van der Waals surface area contributed by atoms with Crippen LogP contribution in [-0.4, -0.2) is 7.11 Å². The first kappa shape index (κ1) is 12.7. The number of para-hydroxylation sites is 1. The van der Waals surface area contributed by atoms with E-state index in [9.17, 15) is 0 Å². The Morgan fingerprint density at radius 1 is 0.889 bits per heavy atom. The van der Waals surface area contributed by atoms with Crippen LogP contribution in [-0.2, 0) is 6.42 Å². The summed E-state index contributed by atoms with van der Waals surface area (Å²) in [4.78, 5) is 0. The zero-order valence-electron chi connectivity index (χ0n) is 11.1. The van der Waals surface area contributed by atoms with Crippen LogP contribution in [0, 0.1) is 0 Å². The summed E-state index contributed by atoms with van der Waals surface area (Å²) < 4.78 is 5.46. The van der Waals surface area contributed by atoms with Crippen molar-refractivity contribution in [3.8, 4) is 16.9 Å². The van der Waals surface area contributed by atoms with E-state index in [0.29, 0.717) is 0 Å². The monoisotopic (exact) mass is 240 g/mol. The molecule has 0 saturated carbocycles. The number of benzene rings is 2. The van der Waals surface area contributed by atoms with Crippen molar-refractivity contribution in [1.82, 2.24) is 0 Å². The maximum atomic E-state index is 5.46. The largest absolute Gasteiger partial charge is 0.496 e. The van der Waals surface area contributed by atoms with Crippen LogP contribution in [0.5, 0.6) is 5.75 Å². The molecule has 18 heavy (non-hydrogen) atoms. The maximum Gasteiger partial charge on any atom is 0.126 e. The fraction of sp³-hybridized carbons (Fsp3) is 0.294. The number of methoxy groups -OCH3 is 1. The van der Waals surface area contributed by atoms with Crippen molar-refractivity contribution in [1.29, 1.82) is 0 Å². The molecule has 0 heterocycles. The van der Waals surface area contributed by atoms with Crippen LogP contribution < -0.4 is 4.74 Å². The standard InChI is InChI=1S/C17H20O/c1-3-4-9-14-10-5-6-11-15(14)16-12-7-8-13-17(16)18-2/h5-8,10-13H,3-4,9H2,1-2H3. The second-order valence-electron chi connectivity index (χ2n) is 4.46. The van der Waals surface area contributed by atoms with Crippen LogP contribution in [0.25, 0.3) is 11.1 Å². The smallest absolute Gasteiger partial charge is 0.126 e. The van der Waals surface area contributed by atoms with Crippen molar-refractivity contribution in [3.63, 3.8) is 0 Å². The normalized spacial score (nSPS) is 10.3. The highest BCUT2D eigenvalue weighted by molar-refractivity contribution is 5.73. The predicted octanol–water partition coefficient (Wildman–Crippen LogP) is 4.70. The van der Waals surface area contributed by atoms with Gasteiger partial charge in [0.25, 0.3) is 0 Å². The molecule has 0 aliphatic carbocycles. The number of hydrogen-bond acceptors (Lipinski definition) is 1. The van der Waals surface area contributed by atoms with Crippen LogP contribution in [0.3, 0.4) is 0 Å². The van der Waals surface area contributed by atoms with Gasteiger partial charge in [-0.3, -0.25) is 0 Å². The highest BCUT2D eigenvalue weighted by Gasteiger charge is 2.08. The van der Waals surface area contributed by atoms with Gasteiger partial charge in [0.2, 0.25) is 0 Å². The first-order valence-corrected chi connectivity index (χ1v) is 6.58. The molecule has 0 aliphatic heterocycles. The van der Waals surface area contributed by atoms with E-state index in [2.05, 4.69) is 43.3 Å². The lowest BCUT2D eigenvalue weighted by Crippen LogP contribution is -1.93. The molecule has 0 N–H and O–H groups in total. The van der Waals surface area contributed by atoms with Crippen molar-refractivity contribution in [2.75, 3.05) is 7.11 Å². The zero-order chi connectivity index (χ0) is 12.8. The van der Waals surface area contributed by atoms with Gasteiger partial charge in [-0.05, 0) is 30.0 Å². The lowest BCUT2D eigenvalue weighted by molar-refractivity contribution is 0.416. The minimum absolute atomic E-state index is 0.946. The zero-order valence-corrected chi connectivity index (χ0v) is 11.1. The van der Waals surface area contributed by atoms with Gasteiger partial charge in [0.15, 0.2) is 0 Å². The molecule has 0 saturated heterocycles. The molecule has 2 aromatic carbocycles. The molecular formula is C17H20O. The third kappa shape index (κ3) is 2.73. The minimum Gasteiger partial charge on any atom is -0.496 e. The van der Waals surface area contributed by atoms with Gasteiger partial charge in [0.05, 0.1) is 7.11 Å². The first-order chi connectivity index (χ1) is 8.86. The van der Waals surface area contributed by atoms with Crippen LogP contribution >= 0.6 is 0 Å². The van der Waals surface area contributed by atoms with Crippen molar-refractivity contribution in [3.05, 3.63) is 54.1 Å². The Kier molecular flexibility index (Phi) is 4.40. The third-order valence-corrected chi connectivity index (χ3v) is 3.21. The second kappa shape index (κ2) is 6.25. The number of rotatable bonds is 5. The molecule has 94 valence electrons. The molecule has 2 aromatic rings. The van der Waals surface area contributed by atoms with E-state index < -0.39 is 0 Å². The average Bonchev–Trinajstić information content (AvgIpc) is 2.45. The summed E-state index contributed by atoms with van der Waals surface area (Å²) in [5.74, 6) is 0.946. The molecule has 0 atom stereocenters. The number of ether oxygens (including phenoxy) is 1. The molecule has 0 radical (unpaired) electrons. The molecule has 0 fully saturated rings. The van der Waals surface area contributed by atoms with E-state index in [1.54, 1.807) is 7.11 Å². The molecular weight excluding hydrogens is 220 g/mol. The Morgan fingerprint density at radius 2 is 1.56 bits per heavy atom. The number of unbranched alkanes of at least 4 members (excludes halogenated alkanes) is 1. The Bertz CT molecular complexity index is 502. The maximum absolute atomic E-state index is 5.46. The fourth-order valence-corrected chi connectivity index (χ4v) is 2.24. The van der Waals surface area contributed by atoms with Crippen molar-refractivity contribution < 1.29 is 4.74 Å². The molecule has 0 amide bonds. The van der Waals surface area contributed by atoms with E-state index in [0.717, 1.165) is 12.2 Å². The third-order valence-electron chi connectivity index (χ3n) is 3.21. The molecule has 0 bridgehead atoms. The molecule has 0 spiro atoms. The summed E-state index contributed by atoms with van der Waals surface area (Å²) in [6.45, 7) is 2.23. The summed E-state index contributed by atoms with van der Waals surface area (Å²) in [5.41, 5.74) is 3.89. The minimum atomic E-state index is 0.946. The summed E-state index contributed by atoms with van der Waals surface area (Å²) >= 11 is 0. The fourth-order valence-electron chi connectivity index (χ4n) is 2.24. The number of hydrogen-bond donors (Lipinski definition) is 0. The summed E-state index contributed by atoms with van der Waals surface area (Å²) in [7, 11) is 1.73. The van der Waals surface area contributed by atoms with Gasteiger partial charge < -0.3 is 4.74 Å². The Hall–Kier alpha value is -1.76. The summed E-state index contributed by atoms with van der Waals surface area (Å²) in [5, 5.41) is 0. The molecule has 0 aromatic heterocycles. The van der Waals surface area contributed by atoms with E-state index in [4.69, 9.17) is 4.74 Å². The molecule has 2 rings (SSSR count). The van der Waals surface area contributed by atoms with Gasteiger partial charge in [0.1, 0.15) is 5.75 Å². The summed E-state index contributed by atoms with van der Waals surface area (Å²) in [6, 6.07) is 16.8. The van der Waals surface area contributed by atoms with Gasteiger partial charge in [0, 0.05) is 5.56 Å². The Morgan fingerprint density at radius 3 is 2.28 bits per heavy atom. The van der Waals surface area contributed by atoms with Crippen LogP contribution in [0.4, 0.5) is 0 Å². The van der Waals surface area contributed by atoms with E-state index in [-0.39, 0.29) is 0 Å². The van der Waals surface area contributed by atoms with E-state index >= 15 is 0 Å². The summed E-state index contributed by atoms with van der Waals surface area (Å²) in [6.07, 6.45) is 3.58. The van der Waals surface area contributed by atoms with Crippen molar-refractivity contribution in [2.24, 2.45) is 0 Å². The van der Waals surface area contributed by atoms with Crippen molar-refractivity contribution >= 4 is 0 Å². The first-order valence-electron chi connectivity index (χ1n) is 6.58. The second-order valence-corrected chi connectivity index (χ2v) is 4.46. The van der Waals surface area contributed by atoms with Crippen LogP contribution in [0.1, 0.15) is 25.3 Å². The predicted molar refractivity (Wildman–Crippen MR) is 77.0 cm³/mol. The quantitative estimate of drug-likeness (QED) is 0.735. The Balaban J connectivity index is 2.43. The number of aryl methyl sites for hydroxylation is 1. The van der Waals surface area contributed by atoms with E-state index in [1.165, 1.54) is 29.5 Å². The SMILES string of the molecule is CCCCc1ccccc1-c1ccccc1OC. The van der Waals surface area contributed by atoms with Crippen LogP contribution in [0.15, 0.2) is 48.5 Å². The van der Waals surface area contributed by atoms with Crippen LogP contribution in [0.2, 0.25) is 0 Å². The average molecular weight is 240 g/mol. The highest BCUT2D eigenvalue weighted by Crippen LogP contribution is 2.32.